The van der Waals surface area contributed by atoms with Gasteiger partial charge in [-0.25, -0.2) is 0 Å². The number of ether oxygens (including phenoxy) is 2. The second-order valence-electron chi connectivity index (χ2n) is 3.87. The SMILES string of the molecule is COCC(C)NC(=O)COc1cccc(N)c1Br. The molecule has 1 aromatic carbocycles. The highest BCUT2D eigenvalue weighted by Gasteiger charge is 2.09. The fourth-order valence-corrected chi connectivity index (χ4v) is 1.77. The number of carbonyl (C=O) groups is 1. The Morgan fingerprint density at radius 3 is 2.94 bits per heavy atom. The van der Waals surface area contributed by atoms with E-state index in [-0.39, 0.29) is 18.6 Å². The average molecular weight is 317 g/mol. The Morgan fingerprint density at radius 2 is 2.28 bits per heavy atom. The second-order valence-corrected chi connectivity index (χ2v) is 4.66. The maximum absolute atomic E-state index is 11.6. The maximum Gasteiger partial charge on any atom is 0.258 e. The van der Waals surface area contributed by atoms with Crippen molar-refractivity contribution in [2.45, 2.75) is 13.0 Å². The van der Waals surface area contributed by atoms with Gasteiger partial charge in [0.1, 0.15) is 5.75 Å². The minimum Gasteiger partial charge on any atom is -0.483 e. The molecule has 0 aliphatic carbocycles. The summed E-state index contributed by atoms with van der Waals surface area (Å²) < 4.78 is 11.0. The first-order valence-corrected chi connectivity index (χ1v) is 6.29. The third kappa shape index (κ3) is 4.54. The smallest absolute Gasteiger partial charge is 0.258 e. The largest absolute Gasteiger partial charge is 0.483 e. The van der Waals surface area contributed by atoms with E-state index in [0.29, 0.717) is 22.5 Å². The van der Waals surface area contributed by atoms with Gasteiger partial charge in [0.15, 0.2) is 6.61 Å². The molecule has 0 spiro atoms. The molecule has 5 nitrogen and oxygen atoms in total. The monoisotopic (exact) mass is 316 g/mol. The summed E-state index contributed by atoms with van der Waals surface area (Å²) in [6.07, 6.45) is 0. The van der Waals surface area contributed by atoms with Crippen molar-refractivity contribution in [1.82, 2.24) is 5.32 Å². The van der Waals surface area contributed by atoms with Gasteiger partial charge in [-0.05, 0) is 35.0 Å². The van der Waals surface area contributed by atoms with Crippen molar-refractivity contribution in [3.05, 3.63) is 22.7 Å². The number of halogens is 1. The van der Waals surface area contributed by atoms with Crippen LogP contribution in [0.5, 0.6) is 5.75 Å². The Hall–Kier alpha value is -1.27. The van der Waals surface area contributed by atoms with Crippen LogP contribution in [0.25, 0.3) is 0 Å². The molecular formula is C12H17BrN2O3. The number of hydrogen-bond donors (Lipinski definition) is 2. The van der Waals surface area contributed by atoms with Crippen molar-refractivity contribution in [3.63, 3.8) is 0 Å². The minimum absolute atomic E-state index is 0.0459. The van der Waals surface area contributed by atoms with Crippen molar-refractivity contribution in [1.29, 1.82) is 0 Å². The van der Waals surface area contributed by atoms with Crippen molar-refractivity contribution in [2.75, 3.05) is 26.1 Å². The summed E-state index contributed by atoms with van der Waals surface area (Å²) in [5.41, 5.74) is 6.27. The fraction of sp³-hybridized carbons (Fsp3) is 0.417. The lowest BCUT2D eigenvalue weighted by Gasteiger charge is -2.14. The van der Waals surface area contributed by atoms with Gasteiger partial charge in [-0.3, -0.25) is 4.79 Å². The third-order valence-corrected chi connectivity index (χ3v) is 3.02. The molecular weight excluding hydrogens is 300 g/mol. The number of nitrogens with one attached hydrogen (secondary N) is 1. The van der Waals surface area contributed by atoms with E-state index in [1.807, 2.05) is 6.92 Å². The Balaban J connectivity index is 2.45. The first-order valence-electron chi connectivity index (χ1n) is 5.49. The Labute approximate surface area is 115 Å². The number of hydrogen-bond acceptors (Lipinski definition) is 4. The predicted molar refractivity (Wildman–Crippen MR) is 73.5 cm³/mol. The van der Waals surface area contributed by atoms with Crippen molar-refractivity contribution in [3.8, 4) is 5.75 Å². The van der Waals surface area contributed by atoms with Crippen LogP contribution in [0.15, 0.2) is 22.7 Å². The lowest BCUT2D eigenvalue weighted by atomic mass is 10.3. The van der Waals surface area contributed by atoms with Crippen molar-refractivity contribution < 1.29 is 14.3 Å². The molecule has 1 atom stereocenters. The molecule has 0 fully saturated rings. The molecule has 1 rings (SSSR count). The summed E-state index contributed by atoms with van der Waals surface area (Å²) in [5, 5.41) is 2.75. The van der Waals surface area contributed by atoms with Gasteiger partial charge in [0.2, 0.25) is 0 Å². The number of amides is 1. The van der Waals surface area contributed by atoms with E-state index in [1.165, 1.54) is 0 Å². The van der Waals surface area contributed by atoms with Crippen LogP contribution in [0.2, 0.25) is 0 Å². The van der Waals surface area contributed by atoms with Gasteiger partial charge in [0.05, 0.1) is 11.1 Å². The number of carbonyl (C=O) groups excluding carboxylic acids is 1. The Morgan fingerprint density at radius 1 is 1.56 bits per heavy atom. The van der Waals surface area contributed by atoms with E-state index in [9.17, 15) is 4.79 Å². The van der Waals surface area contributed by atoms with Crippen LogP contribution in [0.4, 0.5) is 5.69 Å². The number of rotatable bonds is 6. The Kier molecular flexibility index (Phi) is 5.94. The molecule has 0 bridgehead atoms. The lowest BCUT2D eigenvalue weighted by molar-refractivity contribution is -0.124. The summed E-state index contributed by atoms with van der Waals surface area (Å²) in [7, 11) is 1.59. The zero-order valence-corrected chi connectivity index (χ0v) is 12.0. The minimum atomic E-state index is -0.200. The van der Waals surface area contributed by atoms with E-state index in [4.69, 9.17) is 15.2 Å². The number of benzene rings is 1. The van der Waals surface area contributed by atoms with Gasteiger partial charge in [-0.2, -0.15) is 0 Å². The Bertz CT molecular complexity index is 412. The maximum atomic E-state index is 11.6. The van der Waals surface area contributed by atoms with Gasteiger partial charge in [0.25, 0.3) is 5.91 Å². The molecule has 1 unspecified atom stereocenters. The van der Waals surface area contributed by atoms with Gasteiger partial charge >= 0.3 is 0 Å². The van der Waals surface area contributed by atoms with Crippen LogP contribution in [0, 0.1) is 0 Å². The van der Waals surface area contributed by atoms with E-state index in [2.05, 4.69) is 21.2 Å². The van der Waals surface area contributed by atoms with E-state index >= 15 is 0 Å². The van der Waals surface area contributed by atoms with Gasteiger partial charge in [-0.1, -0.05) is 6.07 Å². The number of methoxy groups -OCH3 is 1. The van der Waals surface area contributed by atoms with Crippen LogP contribution in [-0.4, -0.2) is 32.3 Å². The molecule has 0 saturated heterocycles. The molecule has 0 radical (unpaired) electrons. The van der Waals surface area contributed by atoms with Crippen LogP contribution >= 0.6 is 15.9 Å². The van der Waals surface area contributed by atoms with Crippen molar-refractivity contribution >= 4 is 27.5 Å². The molecule has 0 heterocycles. The molecule has 0 aliphatic heterocycles. The highest BCUT2D eigenvalue weighted by atomic mass is 79.9. The molecule has 0 aromatic heterocycles. The van der Waals surface area contributed by atoms with Crippen molar-refractivity contribution in [2.24, 2.45) is 0 Å². The topological polar surface area (TPSA) is 73.6 Å². The highest BCUT2D eigenvalue weighted by Crippen LogP contribution is 2.30. The van der Waals surface area contributed by atoms with Crippen LogP contribution in [-0.2, 0) is 9.53 Å². The quantitative estimate of drug-likeness (QED) is 0.781. The molecule has 100 valence electrons. The fourth-order valence-electron chi connectivity index (χ4n) is 1.39. The molecule has 1 amide bonds. The summed E-state index contributed by atoms with van der Waals surface area (Å²) in [6, 6.07) is 5.21. The first kappa shape index (κ1) is 14.8. The number of anilines is 1. The van der Waals surface area contributed by atoms with Crippen LogP contribution in [0.3, 0.4) is 0 Å². The van der Waals surface area contributed by atoms with Gasteiger partial charge in [-0.15, -0.1) is 0 Å². The number of nitrogens with two attached hydrogens (primary N) is 1. The van der Waals surface area contributed by atoms with E-state index in [1.54, 1.807) is 25.3 Å². The molecule has 1 aromatic rings. The normalized spacial score (nSPS) is 11.9. The van der Waals surface area contributed by atoms with Gasteiger partial charge < -0.3 is 20.5 Å². The zero-order chi connectivity index (χ0) is 13.5. The van der Waals surface area contributed by atoms with Gasteiger partial charge in [0, 0.05) is 18.8 Å². The highest BCUT2D eigenvalue weighted by molar-refractivity contribution is 9.10. The van der Waals surface area contributed by atoms with E-state index in [0.717, 1.165) is 0 Å². The zero-order valence-electron chi connectivity index (χ0n) is 10.4. The molecule has 3 N–H and O–H groups in total. The third-order valence-electron chi connectivity index (χ3n) is 2.18. The van der Waals surface area contributed by atoms with E-state index < -0.39 is 0 Å². The lowest BCUT2D eigenvalue weighted by Crippen LogP contribution is -2.38. The summed E-state index contributed by atoms with van der Waals surface area (Å²) in [4.78, 5) is 11.6. The standard InChI is InChI=1S/C12H17BrN2O3/c1-8(6-17-2)15-11(16)7-18-10-5-3-4-9(14)12(10)13/h3-5,8H,6-7,14H2,1-2H3,(H,15,16). The van der Waals surface area contributed by atoms with Crippen LogP contribution in [0.1, 0.15) is 6.92 Å². The van der Waals surface area contributed by atoms with Crippen LogP contribution < -0.4 is 15.8 Å². The average Bonchev–Trinajstić information content (AvgIpc) is 2.31. The number of nitrogen functional groups attached to an aromatic ring is 1. The molecule has 0 aliphatic rings. The summed E-state index contributed by atoms with van der Waals surface area (Å²) in [5.74, 6) is 0.346. The first-order chi connectivity index (χ1) is 8.54. The molecule has 6 heteroatoms. The molecule has 0 saturated carbocycles. The second kappa shape index (κ2) is 7.23. The predicted octanol–water partition coefficient (Wildman–Crippen LogP) is 1.56. The summed E-state index contributed by atoms with van der Waals surface area (Å²) in [6.45, 7) is 2.27. The molecule has 18 heavy (non-hydrogen) atoms. The summed E-state index contributed by atoms with van der Waals surface area (Å²) >= 11 is 3.30.